The summed E-state index contributed by atoms with van der Waals surface area (Å²) in [6.07, 6.45) is -0.965. The lowest BCUT2D eigenvalue weighted by Crippen LogP contribution is -2.45. The number of carbonyl (C=O) groups is 1. The number of hydrogen-bond donors (Lipinski definition) is 1. The number of methoxy groups -OCH3 is 2. The Bertz CT molecular complexity index is 703. The summed E-state index contributed by atoms with van der Waals surface area (Å²) < 4.78 is 33.7. The van der Waals surface area contributed by atoms with Gasteiger partial charge in [-0.3, -0.25) is 9.69 Å². The molecule has 0 aliphatic carbocycles. The van der Waals surface area contributed by atoms with Crippen molar-refractivity contribution in [2.24, 2.45) is 0 Å². The summed E-state index contributed by atoms with van der Waals surface area (Å²) in [5.74, 6) is 0.433. The average Bonchev–Trinajstić information content (AvgIpc) is 2.84. The molecule has 24 heavy (non-hydrogen) atoms. The number of Topliss-reactive ketones (excluding diaryl/α,β-unsaturated/α-hetero) is 1. The molecular weight excluding hydrogens is 334 g/mol. The van der Waals surface area contributed by atoms with Crippen molar-refractivity contribution >= 4 is 15.6 Å². The second-order valence-corrected chi connectivity index (χ2v) is 7.92. The Morgan fingerprint density at radius 1 is 1.25 bits per heavy atom. The van der Waals surface area contributed by atoms with Crippen LogP contribution in [-0.2, 0) is 9.84 Å². The van der Waals surface area contributed by atoms with E-state index in [1.807, 2.05) is 6.92 Å². The van der Waals surface area contributed by atoms with E-state index < -0.39 is 22.0 Å². The van der Waals surface area contributed by atoms with E-state index in [9.17, 15) is 18.3 Å². The normalized spacial score (nSPS) is 22.5. The zero-order valence-electron chi connectivity index (χ0n) is 14.1. The van der Waals surface area contributed by atoms with Gasteiger partial charge in [-0.05, 0) is 24.7 Å². The molecule has 7 nitrogen and oxygen atoms in total. The van der Waals surface area contributed by atoms with Gasteiger partial charge in [-0.15, -0.1) is 0 Å². The van der Waals surface area contributed by atoms with E-state index in [-0.39, 0.29) is 23.8 Å². The molecule has 0 unspecified atom stereocenters. The smallest absolute Gasteiger partial charge is 0.176 e. The van der Waals surface area contributed by atoms with Crippen molar-refractivity contribution in [3.05, 3.63) is 23.8 Å². The molecule has 1 fully saturated rings. The molecule has 1 heterocycles. The molecule has 1 aliphatic rings. The van der Waals surface area contributed by atoms with Crippen LogP contribution in [0.4, 0.5) is 0 Å². The van der Waals surface area contributed by atoms with Crippen LogP contribution in [0.3, 0.4) is 0 Å². The number of ether oxygens (including phenoxy) is 2. The standard InChI is InChI=1S/C16H23NO6S/c1-4-17(12-9-24(20,21)10-14(12)19)8-13(18)11-5-6-15(22-2)16(7-11)23-3/h5-7,12,14,19H,4,8-10H2,1-3H3/t12-,14-/m0/s1. The SMILES string of the molecule is CCN(CC(=O)c1ccc(OC)c(OC)c1)[C@H]1CS(=O)(=O)C[C@@H]1O. The fraction of sp³-hybridized carbons (Fsp3) is 0.562. The first-order valence-corrected chi connectivity index (χ1v) is 9.51. The van der Waals surface area contributed by atoms with Crippen LogP contribution in [0.25, 0.3) is 0 Å². The van der Waals surface area contributed by atoms with Crippen LogP contribution in [0.15, 0.2) is 18.2 Å². The number of hydrogen-bond acceptors (Lipinski definition) is 7. The molecule has 0 radical (unpaired) electrons. The van der Waals surface area contributed by atoms with Crippen LogP contribution in [-0.4, -0.2) is 75.2 Å². The first-order valence-electron chi connectivity index (χ1n) is 7.69. The fourth-order valence-corrected chi connectivity index (χ4v) is 4.74. The molecule has 1 aliphatic heterocycles. The number of benzene rings is 1. The summed E-state index contributed by atoms with van der Waals surface area (Å²) in [5, 5.41) is 9.99. The summed E-state index contributed by atoms with van der Waals surface area (Å²) in [6, 6.07) is 4.33. The summed E-state index contributed by atoms with van der Waals surface area (Å²) in [7, 11) is -0.255. The molecule has 0 amide bonds. The van der Waals surface area contributed by atoms with Crippen molar-refractivity contribution in [1.82, 2.24) is 4.90 Å². The molecule has 0 bridgehead atoms. The molecule has 0 saturated carbocycles. The lowest BCUT2D eigenvalue weighted by Gasteiger charge is -2.28. The molecular formula is C16H23NO6S. The molecule has 0 aromatic heterocycles. The van der Waals surface area contributed by atoms with Crippen LogP contribution >= 0.6 is 0 Å². The highest BCUT2D eigenvalue weighted by Crippen LogP contribution is 2.28. The van der Waals surface area contributed by atoms with Crippen molar-refractivity contribution < 1.29 is 27.8 Å². The van der Waals surface area contributed by atoms with E-state index in [2.05, 4.69) is 0 Å². The van der Waals surface area contributed by atoms with Crippen LogP contribution in [0.5, 0.6) is 11.5 Å². The number of ketones is 1. The van der Waals surface area contributed by atoms with Crippen LogP contribution in [0.2, 0.25) is 0 Å². The van der Waals surface area contributed by atoms with Crippen molar-refractivity contribution in [2.75, 3.05) is 38.8 Å². The van der Waals surface area contributed by atoms with Gasteiger partial charge in [-0.1, -0.05) is 6.92 Å². The zero-order chi connectivity index (χ0) is 17.9. The maximum Gasteiger partial charge on any atom is 0.176 e. The maximum atomic E-state index is 12.5. The lowest BCUT2D eigenvalue weighted by atomic mass is 10.1. The summed E-state index contributed by atoms with van der Waals surface area (Å²) in [6.45, 7) is 2.33. The Morgan fingerprint density at radius 3 is 2.42 bits per heavy atom. The van der Waals surface area contributed by atoms with Gasteiger partial charge in [-0.2, -0.15) is 0 Å². The van der Waals surface area contributed by atoms with Gasteiger partial charge in [0.2, 0.25) is 0 Å². The monoisotopic (exact) mass is 357 g/mol. The van der Waals surface area contributed by atoms with E-state index in [0.29, 0.717) is 23.6 Å². The highest BCUT2D eigenvalue weighted by atomic mass is 32.2. The van der Waals surface area contributed by atoms with Gasteiger partial charge >= 0.3 is 0 Å². The van der Waals surface area contributed by atoms with Crippen LogP contribution in [0.1, 0.15) is 17.3 Å². The Balaban J connectivity index is 2.15. The summed E-state index contributed by atoms with van der Waals surface area (Å²) >= 11 is 0. The number of nitrogens with zero attached hydrogens (tertiary/aromatic N) is 1. The zero-order valence-corrected chi connectivity index (χ0v) is 14.9. The largest absolute Gasteiger partial charge is 0.493 e. The van der Waals surface area contributed by atoms with E-state index in [1.54, 1.807) is 23.1 Å². The third kappa shape index (κ3) is 4.06. The predicted molar refractivity (Wildman–Crippen MR) is 89.6 cm³/mol. The highest BCUT2D eigenvalue weighted by molar-refractivity contribution is 7.91. The number of rotatable bonds is 7. The van der Waals surface area contributed by atoms with Gasteiger partial charge in [0.25, 0.3) is 0 Å². The Labute approximate surface area is 142 Å². The first kappa shape index (κ1) is 18.7. The van der Waals surface area contributed by atoms with Crippen LogP contribution in [0, 0.1) is 0 Å². The average molecular weight is 357 g/mol. The predicted octanol–water partition coefficient (Wildman–Crippen LogP) is 0.366. The molecule has 1 N–H and O–H groups in total. The first-order chi connectivity index (χ1) is 11.3. The third-order valence-corrected chi connectivity index (χ3v) is 5.92. The summed E-state index contributed by atoms with van der Waals surface area (Å²) in [5.41, 5.74) is 0.446. The topological polar surface area (TPSA) is 93.1 Å². The van der Waals surface area contributed by atoms with Crippen LogP contribution < -0.4 is 9.47 Å². The van der Waals surface area contributed by atoms with Crippen molar-refractivity contribution in [2.45, 2.75) is 19.1 Å². The number of likely N-dealkylation sites (N-methyl/N-ethyl adjacent to an activating group) is 1. The molecule has 1 aromatic rings. The number of aliphatic hydroxyl groups excluding tert-OH is 1. The molecule has 134 valence electrons. The van der Waals surface area contributed by atoms with Crippen molar-refractivity contribution in [1.29, 1.82) is 0 Å². The maximum absolute atomic E-state index is 12.5. The molecule has 0 spiro atoms. The number of carbonyl (C=O) groups excluding carboxylic acids is 1. The minimum absolute atomic E-state index is 0.0310. The van der Waals surface area contributed by atoms with Gasteiger partial charge in [0.15, 0.2) is 27.1 Å². The van der Waals surface area contributed by atoms with Gasteiger partial charge in [0.05, 0.1) is 44.4 Å². The number of sulfone groups is 1. The minimum atomic E-state index is -3.26. The fourth-order valence-electron chi connectivity index (χ4n) is 2.91. The van der Waals surface area contributed by atoms with Gasteiger partial charge in [0, 0.05) is 5.56 Å². The van der Waals surface area contributed by atoms with E-state index >= 15 is 0 Å². The van der Waals surface area contributed by atoms with Gasteiger partial charge in [0.1, 0.15) is 0 Å². The molecule has 1 saturated heterocycles. The number of aliphatic hydroxyl groups is 1. The summed E-state index contributed by atoms with van der Waals surface area (Å²) in [4.78, 5) is 14.2. The second-order valence-electron chi connectivity index (χ2n) is 5.77. The molecule has 8 heteroatoms. The Morgan fingerprint density at radius 2 is 1.92 bits per heavy atom. The van der Waals surface area contributed by atoms with Gasteiger partial charge < -0.3 is 14.6 Å². The van der Waals surface area contributed by atoms with Gasteiger partial charge in [-0.25, -0.2) is 8.42 Å². The van der Waals surface area contributed by atoms with Crippen molar-refractivity contribution in [3.8, 4) is 11.5 Å². The quantitative estimate of drug-likeness (QED) is 0.705. The van der Waals surface area contributed by atoms with Crippen molar-refractivity contribution in [3.63, 3.8) is 0 Å². The molecule has 2 rings (SSSR count). The molecule has 2 atom stereocenters. The minimum Gasteiger partial charge on any atom is -0.493 e. The second kappa shape index (κ2) is 7.50. The highest BCUT2D eigenvalue weighted by Gasteiger charge is 2.40. The third-order valence-electron chi connectivity index (χ3n) is 4.22. The van der Waals surface area contributed by atoms with E-state index in [1.165, 1.54) is 14.2 Å². The Kier molecular flexibility index (Phi) is 5.84. The molecule has 1 aromatic carbocycles. The lowest BCUT2D eigenvalue weighted by molar-refractivity contribution is 0.0717. The Hall–Kier alpha value is -1.64. The van der Waals surface area contributed by atoms with E-state index in [0.717, 1.165) is 0 Å². The van der Waals surface area contributed by atoms with E-state index in [4.69, 9.17) is 9.47 Å².